The van der Waals surface area contributed by atoms with Crippen LogP contribution in [-0.2, 0) is 0 Å². The van der Waals surface area contributed by atoms with Crippen molar-refractivity contribution in [3.63, 3.8) is 0 Å². The van der Waals surface area contributed by atoms with Crippen LogP contribution >= 0.6 is 0 Å². The van der Waals surface area contributed by atoms with Gasteiger partial charge in [0.15, 0.2) is 0 Å². The van der Waals surface area contributed by atoms with Gasteiger partial charge in [-0.25, -0.2) is 0 Å². The smallest absolute Gasteiger partial charge is 0.0105 e. The maximum absolute atomic E-state index is 4.13. The SMILES string of the molecule is C=C1CC=C(C2CCCC2)C(C)(C)C1. The number of rotatable bonds is 1. The van der Waals surface area contributed by atoms with Crippen molar-refractivity contribution in [2.75, 3.05) is 0 Å². The molecule has 0 aliphatic heterocycles. The predicted molar refractivity (Wildman–Crippen MR) is 62.2 cm³/mol. The fourth-order valence-corrected chi connectivity index (χ4v) is 3.29. The van der Waals surface area contributed by atoms with Gasteiger partial charge in [0.1, 0.15) is 0 Å². The summed E-state index contributed by atoms with van der Waals surface area (Å²) < 4.78 is 0. The maximum Gasteiger partial charge on any atom is -0.0105 e. The summed E-state index contributed by atoms with van der Waals surface area (Å²) in [5.41, 5.74) is 3.55. The van der Waals surface area contributed by atoms with Crippen LogP contribution in [0.15, 0.2) is 23.8 Å². The first-order chi connectivity index (χ1) is 6.59. The van der Waals surface area contributed by atoms with E-state index in [1.165, 1.54) is 37.7 Å². The van der Waals surface area contributed by atoms with E-state index in [4.69, 9.17) is 0 Å². The van der Waals surface area contributed by atoms with Crippen LogP contribution < -0.4 is 0 Å². The van der Waals surface area contributed by atoms with Crippen LogP contribution in [0, 0.1) is 11.3 Å². The second-order valence-electron chi connectivity index (χ2n) is 5.66. The molecule has 0 saturated heterocycles. The van der Waals surface area contributed by atoms with Crippen molar-refractivity contribution in [2.24, 2.45) is 11.3 Å². The molecule has 0 nitrogen and oxygen atoms in total. The summed E-state index contributed by atoms with van der Waals surface area (Å²) in [6, 6.07) is 0. The Balaban J connectivity index is 2.19. The van der Waals surface area contributed by atoms with Gasteiger partial charge < -0.3 is 0 Å². The lowest BCUT2D eigenvalue weighted by Crippen LogP contribution is -2.23. The summed E-state index contributed by atoms with van der Waals surface area (Å²) in [6.07, 6.45) is 10.6. The summed E-state index contributed by atoms with van der Waals surface area (Å²) in [5, 5.41) is 0. The van der Waals surface area contributed by atoms with Gasteiger partial charge in [0.25, 0.3) is 0 Å². The Hall–Kier alpha value is -0.520. The van der Waals surface area contributed by atoms with Crippen LogP contribution in [0.3, 0.4) is 0 Å². The molecule has 0 spiro atoms. The average molecular weight is 190 g/mol. The molecular weight excluding hydrogens is 168 g/mol. The van der Waals surface area contributed by atoms with Gasteiger partial charge in [0.2, 0.25) is 0 Å². The Bertz CT molecular complexity index is 262. The molecule has 0 atom stereocenters. The molecule has 0 amide bonds. The van der Waals surface area contributed by atoms with E-state index in [0.717, 1.165) is 12.3 Å². The van der Waals surface area contributed by atoms with Crippen molar-refractivity contribution in [2.45, 2.75) is 52.4 Å². The largest absolute Gasteiger partial charge is 0.0995 e. The van der Waals surface area contributed by atoms with Gasteiger partial charge in [-0.2, -0.15) is 0 Å². The number of allylic oxidation sites excluding steroid dienone is 3. The van der Waals surface area contributed by atoms with Crippen LogP contribution in [0.4, 0.5) is 0 Å². The van der Waals surface area contributed by atoms with Crippen molar-refractivity contribution in [3.05, 3.63) is 23.8 Å². The zero-order valence-electron chi connectivity index (χ0n) is 9.60. The molecule has 0 radical (unpaired) electrons. The third-order valence-corrected chi connectivity index (χ3v) is 3.88. The summed E-state index contributed by atoms with van der Waals surface area (Å²) in [4.78, 5) is 0. The minimum atomic E-state index is 0.393. The molecule has 2 aliphatic carbocycles. The van der Waals surface area contributed by atoms with E-state index in [-0.39, 0.29) is 0 Å². The molecule has 0 bridgehead atoms. The molecule has 2 rings (SSSR count). The van der Waals surface area contributed by atoms with E-state index in [9.17, 15) is 0 Å². The molecule has 0 unspecified atom stereocenters. The van der Waals surface area contributed by atoms with Crippen molar-refractivity contribution < 1.29 is 0 Å². The van der Waals surface area contributed by atoms with Gasteiger partial charge in [-0.3, -0.25) is 0 Å². The van der Waals surface area contributed by atoms with Crippen LogP contribution in [0.1, 0.15) is 52.4 Å². The van der Waals surface area contributed by atoms with E-state index in [1.807, 2.05) is 0 Å². The molecule has 0 heteroatoms. The molecule has 0 aromatic carbocycles. The van der Waals surface area contributed by atoms with Crippen LogP contribution in [-0.4, -0.2) is 0 Å². The van der Waals surface area contributed by atoms with Crippen LogP contribution in [0.25, 0.3) is 0 Å². The van der Waals surface area contributed by atoms with E-state index < -0.39 is 0 Å². The van der Waals surface area contributed by atoms with Crippen molar-refractivity contribution in [3.8, 4) is 0 Å². The Morgan fingerprint density at radius 1 is 1.29 bits per heavy atom. The molecule has 0 heterocycles. The van der Waals surface area contributed by atoms with Gasteiger partial charge >= 0.3 is 0 Å². The molecule has 0 aromatic heterocycles. The van der Waals surface area contributed by atoms with Gasteiger partial charge in [0, 0.05) is 0 Å². The van der Waals surface area contributed by atoms with E-state index in [1.54, 1.807) is 5.57 Å². The van der Waals surface area contributed by atoms with Crippen LogP contribution in [0.2, 0.25) is 0 Å². The topological polar surface area (TPSA) is 0 Å². The van der Waals surface area contributed by atoms with E-state index in [0.29, 0.717) is 5.41 Å². The highest BCUT2D eigenvalue weighted by Crippen LogP contribution is 2.46. The summed E-state index contributed by atoms with van der Waals surface area (Å²) >= 11 is 0. The standard InChI is InChI=1S/C14H22/c1-11-8-9-13(14(2,3)10-11)12-6-4-5-7-12/h9,12H,1,4-8,10H2,2-3H3. The highest BCUT2D eigenvalue weighted by Gasteiger charge is 2.33. The molecule has 14 heavy (non-hydrogen) atoms. The van der Waals surface area contributed by atoms with Gasteiger partial charge in [0.05, 0.1) is 0 Å². The number of hydrogen-bond donors (Lipinski definition) is 0. The third kappa shape index (κ3) is 1.80. The highest BCUT2D eigenvalue weighted by atomic mass is 14.4. The first-order valence-corrected chi connectivity index (χ1v) is 5.97. The molecule has 78 valence electrons. The third-order valence-electron chi connectivity index (χ3n) is 3.88. The second-order valence-corrected chi connectivity index (χ2v) is 5.66. The lowest BCUT2D eigenvalue weighted by molar-refractivity contribution is 0.367. The monoisotopic (exact) mass is 190 g/mol. The van der Waals surface area contributed by atoms with E-state index >= 15 is 0 Å². The van der Waals surface area contributed by atoms with Gasteiger partial charge in [-0.1, -0.05) is 50.5 Å². The van der Waals surface area contributed by atoms with Crippen molar-refractivity contribution in [1.82, 2.24) is 0 Å². The molecule has 0 N–H and O–H groups in total. The Morgan fingerprint density at radius 2 is 1.93 bits per heavy atom. The second kappa shape index (κ2) is 3.56. The summed E-state index contributed by atoms with van der Waals surface area (Å²) in [6.45, 7) is 8.91. The van der Waals surface area contributed by atoms with Crippen LogP contribution in [0.5, 0.6) is 0 Å². The summed E-state index contributed by atoms with van der Waals surface area (Å²) in [5.74, 6) is 0.901. The van der Waals surface area contributed by atoms with Gasteiger partial charge in [-0.15, -0.1) is 0 Å². The fourth-order valence-electron chi connectivity index (χ4n) is 3.29. The van der Waals surface area contributed by atoms with Crippen molar-refractivity contribution >= 4 is 0 Å². The van der Waals surface area contributed by atoms with Gasteiger partial charge in [-0.05, 0) is 37.0 Å². The summed E-state index contributed by atoms with van der Waals surface area (Å²) in [7, 11) is 0. The zero-order valence-corrected chi connectivity index (χ0v) is 9.60. The fraction of sp³-hybridized carbons (Fsp3) is 0.714. The minimum Gasteiger partial charge on any atom is -0.0995 e. The molecule has 2 aliphatic rings. The predicted octanol–water partition coefficient (Wildman–Crippen LogP) is 4.48. The first kappa shape index (κ1) is 10.0. The molecule has 1 fully saturated rings. The lowest BCUT2D eigenvalue weighted by Gasteiger charge is -2.36. The normalized spacial score (nSPS) is 27.9. The Morgan fingerprint density at radius 3 is 2.50 bits per heavy atom. The average Bonchev–Trinajstić information content (AvgIpc) is 2.54. The Kier molecular flexibility index (Phi) is 2.55. The number of hydrogen-bond acceptors (Lipinski definition) is 0. The molecular formula is C14H22. The van der Waals surface area contributed by atoms with Crippen molar-refractivity contribution in [1.29, 1.82) is 0 Å². The highest BCUT2D eigenvalue weighted by molar-refractivity contribution is 5.26. The zero-order chi connectivity index (χ0) is 10.2. The maximum atomic E-state index is 4.13. The Labute approximate surface area is 88.1 Å². The minimum absolute atomic E-state index is 0.393. The quantitative estimate of drug-likeness (QED) is 0.535. The molecule has 0 aromatic rings. The first-order valence-electron chi connectivity index (χ1n) is 5.97. The molecule has 1 saturated carbocycles. The van der Waals surface area contributed by atoms with E-state index in [2.05, 4.69) is 26.5 Å². The lowest BCUT2D eigenvalue weighted by atomic mass is 9.69.